The van der Waals surface area contributed by atoms with Gasteiger partial charge in [-0.3, -0.25) is 9.59 Å². The van der Waals surface area contributed by atoms with E-state index in [-0.39, 0.29) is 17.6 Å². The summed E-state index contributed by atoms with van der Waals surface area (Å²) in [4.78, 5) is 29.7. The molecule has 0 saturated carbocycles. The summed E-state index contributed by atoms with van der Waals surface area (Å²) in [6, 6.07) is -0.573. The Morgan fingerprint density at radius 1 is 1.52 bits per heavy atom. The van der Waals surface area contributed by atoms with E-state index < -0.39 is 6.04 Å². The summed E-state index contributed by atoms with van der Waals surface area (Å²) < 4.78 is 6.14. The van der Waals surface area contributed by atoms with Gasteiger partial charge in [0.1, 0.15) is 0 Å². The van der Waals surface area contributed by atoms with Crippen molar-refractivity contribution in [2.75, 3.05) is 19.8 Å². The average molecular weight is 365 g/mol. The molecule has 0 bridgehead atoms. The van der Waals surface area contributed by atoms with E-state index >= 15 is 0 Å². The number of amides is 1. The van der Waals surface area contributed by atoms with Crippen molar-refractivity contribution in [1.29, 1.82) is 0 Å². The molecule has 0 aromatic carbocycles. The van der Waals surface area contributed by atoms with E-state index in [4.69, 9.17) is 10.5 Å². The average Bonchev–Trinajstić information content (AvgIpc) is 3.02. The number of nitrogens with one attached hydrogen (secondary N) is 1. The van der Waals surface area contributed by atoms with Gasteiger partial charge in [-0.25, -0.2) is 4.98 Å². The van der Waals surface area contributed by atoms with E-state index in [1.54, 1.807) is 0 Å². The van der Waals surface area contributed by atoms with Crippen LogP contribution in [0.15, 0.2) is 0 Å². The molecule has 1 aliphatic rings. The third kappa shape index (κ3) is 5.45. The van der Waals surface area contributed by atoms with Crippen LogP contribution in [-0.2, 0) is 9.53 Å². The number of nitrogens with two attached hydrogens (primary N) is 1. The Morgan fingerprint density at radius 3 is 2.92 bits per heavy atom. The zero-order valence-corrected chi connectivity index (χ0v) is 15.6. The molecule has 0 radical (unpaired) electrons. The first-order chi connectivity index (χ1) is 12.1. The quantitative estimate of drug-likeness (QED) is 0.519. The highest BCUT2D eigenvalue weighted by molar-refractivity contribution is 7.11. The standard InChI is InChI=1S/C18H27N3O3S/c1-3-14-12(2)25-18(21-14)16(22)15(8-4-5-9-19)20-17(23)13-7-6-10-24-11-13/h3,13,15H,2,4-11,19H2,1H3,(H,20,23)/b14-3+. The number of hydrogen-bond donors (Lipinski definition) is 2. The van der Waals surface area contributed by atoms with Gasteiger partial charge in [0.25, 0.3) is 0 Å². The SMILES string of the molecule is C=c1sc(C(=O)C(CCCCN)NC(=O)C2CCCOC2)n/c1=C/C. The van der Waals surface area contributed by atoms with Gasteiger partial charge in [0.2, 0.25) is 11.7 Å². The van der Waals surface area contributed by atoms with Gasteiger partial charge in [0, 0.05) is 11.1 Å². The van der Waals surface area contributed by atoms with Crippen LogP contribution in [0.25, 0.3) is 12.7 Å². The monoisotopic (exact) mass is 365 g/mol. The Balaban J connectivity index is 2.11. The molecule has 2 atom stereocenters. The molecule has 0 aliphatic carbocycles. The molecule has 1 saturated heterocycles. The van der Waals surface area contributed by atoms with Crippen molar-refractivity contribution in [2.45, 2.75) is 45.1 Å². The fraction of sp³-hybridized carbons (Fsp3) is 0.611. The van der Waals surface area contributed by atoms with E-state index in [0.717, 1.165) is 35.6 Å². The van der Waals surface area contributed by atoms with Crippen molar-refractivity contribution in [3.05, 3.63) is 14.9 Å². The Kier molecular flexibility index (Phi) is 7.74. The van der Waals surface area contributed by atoms with E-state index in [2.05, 4.69) is 16.9 Å². The highest BCUT2D eigenvalue weighted by Gasteiger charge is 2.28. The fourth-order valence-electron chi connectivity index (χ4n) is 2.84. The van der Waals surface area contributed by atoms with Crippen molar-refractivity contribution in [3.63, 3.8) is 0 Å². The summed E-state index contributed by atoms with van der Waals surface area (Å²) in [5, 5.41) is 4.04. The maximum atomic E-state index is 12.9. The van der Waals surface area contributed by atoms with Crippen molar-refractivity contribution in [2.24, 2.45) is 11.7 Å². The van der Waals surface area contributed by atoms with Gasteiger partial charge < -0.3 is 15.8 Å². The van der Waals surface area contributed by atoms with Crippen LogP contribution in [0, 0.1) is 5.92 Å². The number of thiazole rings is 1. The van der Waals surface area contributed by atoms with Crippen LogP contribution in [0.4, 0.5) is 0 Å². The number of rotatable bonds is 8. The largest absolute Gasteiger partial charge is 0.381 e. The van der Waals surface area contributed by atoms with Crippen molar-refractivity contribution < 1.29 is 14.3 Å². The molecule has 1 fully saturated rings. The molecule has 25 heavy (non-hydrogen) atoms. The van der Waals surface area contributed by atoms with Crippen LogP contribution < -0.4 is 20.9 Å². The van der Waals surface area contributed by atoms with E-state index in [0.29, 0.717) is 31.2 Å². The molecule has 1 aliphatic heterocycles. The number of aromatic nitrogens is 1. The van der Waals surface area contributed by atoms with Crippen LogP contribution in [0.2, 0.25) is 0 Å². The minimum atomic E-state index is -0.573. The molecule has 138 valence electrons. The topological polar surface area (TPSA) is 94.3 Å². The van der Waals surface area contributed by atoms with E-state index in [1.165, 1.54) is 11.3 Å². The van der Waals surface area contributed by atoms with Gasteiger partial charge in [0.15, 0.2) is 5.01 Å². The van der Waals surface area contributed by atoms with Gasteiger partial charge in [-0.05, 0) is 45.6 Å². The second-order valence-corrected chi connectivity index (χ2v) is 7.32. The molecule has 2 rings (SSSR count). The van der Waals surface area contributed by atoms with Gasteiger partial charge in [-0.1, -0.05) is 12.7 Å². The van der Waals surface area contributed by atoms with Crippen molar-refractivity contribution in [1.82, 2.24) is 10.3 Å². The molecule has 6 nitrogen and oxygen atoms in total. The predicted molar refractivity (Wildman–Crippen MR) is 99.7 cm³/mol. The first kappa shape index (κ1) is 19.8. The lowest BCUT2D eigenvalue weighted by Gasteiger charge is -2.24. The van der Waals surface area contributed by atoms with Crippen LogP contribution in [0.1, 0.15) is 48.8 Å². The fourth-order valence-corrected chi connectivity index (χ4v) is 3.73. The molecule has 1 amide bonds. The van der Waals surface area contributed by atoms with Crippen LogP contribution >= 0.6 is 11.3 Å². The zero-order chi connectivity index (χ0) is 18.2. The molecular weight excluding hydrogens is 338 g/mol. The molecule has 1 aromatic heterocycles. The number of ether oxygens (including phenoxy) is 1. The number of unbranched alkanes of at least 4 members (excludes halogenated alkanes) is 1. The Morgan fingerprint density at radius 2 is 2.32 bits per heavy atom. The first-order valence-electron chi connectivity index (χ1n) is 8.81. The maximum Gasteiger partial charge on any atom is 0.226 e. The minimum absolute atomic E-state index is 0.112. The molecule has 2 unspecified atom stereocenters. The Bertz CT molecular complexity index is 695. The summed E-state index contributed by atoms with van der Waals surface area (Å²) in [5.41, 5.74) is 5.55. The van der Waals surface area contributed by atoms with Crippen molar-refractivity contribution in [3.8, 4) is 0 Å². The Labute approximate surface area is 152 Å². The van der Waals surface area contributed by atoms with Crippen LogP contribution in [0.5, 0.6) is 0 Å². The highest BCUT2D eigenvalue weighted by atomic mass is 32.1. The van der Waals surface area contributed by atoms with Gasteiger partial charge in [-0.15, -0.1) is 11.3 Å². The summed E-state index contributed by atoms with van der Waals surface area (Å²) >= 11 is 1.27. The predicted octanol–water partition coefficient (Wildman–Crippen LogP) is 0.577. The lowest BCUT2D eigenvalue weighted by Crippen LogP contribution is -2.45. The molecular formula is C18H27N3O3S. The summed E-state index contributed by atoms with van der Waals surface area (Å²) in [6.07, 6.45) is 5.66. The first-order valence-corrected chi connectivity index (χ1v) is 9.63. The van der Waals surface area contributed by atoms with Gasteiger partial charge in [-0.2, -0.15) is 0 Å². The normalized spacial score (nSPS) is 19.6. The number of hydrogen-bond acceptors (Lipinski definition) is 6. The molecule has 3 N–H and O–H groups in total. The second-order valence-electron chi connectivity index (χ2n) is 6.24. The van der Waals surface area contributed by atoms with E-state index in [9.17, 15) is 9.59 Å². The zero-order valence-electron chi connectivity index (χ0n) is 14.8. The van der Waals surface area contributed by atoms with Crippen LogP contribution in [-0.4, -0.2) is 42.5 Å². The second kappa shape index (κ2) is 9.79. The highest BCUT2D eigenvalue weighted by Crippen LogP contribution is 2.15. The molecule has 2 heterocycles. The molecule has 0 spiro atoms. The molecule has 1 aromatic rings. The summed E-state index contributed by atoms with van der Waals surface area (Å²) in [5.74, 6) is -0.442. The van der Waals surface area contributed by atoms with Crippen molar-refractivity contribution >= 4 is 35.7 Å². The number of carbonyl (C=O) groups excluding carboxylic acids is 2. The maximum absolute atomic E-state index is 12.9. The molecule has 7 heteroatoms. The minimum Gasteiger partial charge on any atom is -0.381 e. The lowest BCUT2D eigenvalue weighted by molar-refractivity contribution is -0.129. The number of carbonyl (C=O) groups is 2. The summed E-state index contributed by atoms with van der Waals surface area (Å²) in [6.45, 7) is 7.47. The van der Waals surface area contributed by atoms with Gasteiger partial charge >= 0.3 is 0 Å². The number of ketones is 1. The third-order valence-corrected chi connectivity index (χ3v) is 5.26. The Hall–Kier alpha value is -1.57. The summed E-state index contributed by atoms with van der Waals surface area (Å²) in [7, 11) is 0. The van der Waals surface area contributed by atoms with Gasteiger partial charge in [0.05, 0.1) is 23.9 Å². The van der Waals surface area contributed by atoms with Crippen LogP contribution in [0.3, 0.4) is 0 Å². The lowest BCUT2D eigenvalue weighted by atomic mass is 9.99. The van der Waals surface area contributed by atoms with E-state index in [1.807, 2.05) is 13.0 Å². The number of Topliss-reactive ketones (excluding diaryl/α,β-unsaturated/α-hetero) is 1. The smallest absolute Gasteiger partial charge is 0.226 e. The third-order valence-electron chi connectivity index (χ3n) is 4.32. The number of nitrogens with zero attached hydrogens (tertiary/aromatic N) is 1.